The summed E-state index contributed by atoms with van der Waals surface area (Å²) in [6.45, 7) is 3.78. The number of nitrogens with zero attached hydrogens (tertiary/aromatic N) is 3. The van der Waals surface area contributed by atoms with E-state index in [1.54, 1.807) is 6.33 Å². The van der Waals surface area contributed by atoms with Crippen molar-refractivity contribution in [1.82, 2.24) is 14.6 Å². The molecule has 2 aromatic heterocycles. The monoisotopic (exact) mass is 232 g/mol. The maximum atomic E-state index is 5.59. The second-order valence-corrected chi connectivity index (χ2v) is 4.46. The molecule has 5 heteroatoms. The number of nitrogens with one attached hydrogen (secondary N) is 1. The van der Waals surface area contributed by atoms with E-state index in [9.17, 15) is 0 Å². The Bertz CT molecular complexity index is 516. The quantitative estimate of drug-likeness (QED) is 0.873. The summed E-state index contributed by atoms with van der Waals surface area (Å²) in [5, 5.41) is 7.60. The van der Waals surface area contributed by atoms with Gasteiger partial charge in [0.05, 0.1) is 6.10 Å². The van der Waals surface area contributed by atoms with Crippen molar-refractivity contribution in [2.24, 2.45) is 0 Å². The topological polar surface area (TPSA) is 51.5 Å². The van der Waals surface area contributed by atoms with Gasteiger partial charge in [0.15, 0.2) is 5.65 Å². The zero-order valence-corrected chi connectivity index (χ0v) is 9.89. The van der Waals surface area contributed by atoms with E-state index in [1.165, 1.54) is 12.0 Å². The molecule has 0 radical (unpaired) electrons. The van der Waals surface area contributed by atoms with E-state index in [0.29, 0.717) is 6.10 Å². The summed E-state index contributed by atoms with van der Waals surface area (Å²) >= 11 is 0. The van der Waals surface area contributed by atoms with E-state index < -0.39 is 0 Å². The summed E-state index contributed by atoms with van der Waals surface area (Å²) < 4.78 is 7.41. The molecule has 1 N–H and O–H groups in total. The Balaban J connectivity index is 1.81. The number of fused-ring (bicyclic) bond motifs is 1. The second-order valence-electron chi connectivity index (χ2n) is 4.46. The second kappa shape index (κ2) is 4.33. The largest absolute Gasteiger partial charge is 0.376 e. The van der Waals surface area contributed by atoms with E-state index in [4.69, 9.17) is 4.74 Å². The lowest BCUT2D eigenvalue weighted by Crippen LogP contribution is -2.19. The average molecular weight is 232 g/mol. The highest BCUT2D eigenvalue weighted by Crippen LogP contribution is 2.16. The molecular formula is C12H16N4O. The average Bonchev–Trinajstić information content (AvgIpc) is 2.95. The zero-order valence-electron chi connectivity index (χ0n) is 9.89. The van der Waals surface area contributed by atoms with Gasteiger partial charge in [0.1, 0.15) is 12.1 Å². The summed E-state index contributed by atoms with van der Waals surface area (Å²) in [6, 6.07) is 4.10. The van der Waals surface area contributed by atoms with Crippen molar-refractivity contribution in [3.8, 4) is 0 Å². The smallest absolute Gasteiger partial charge is 0.157 e. The Morgan fingerprint density at radius 2 is 2.47 bits per heavy atom. The third-order valence-electron chi connectivity index (χ3n) is 3.06. The number of aromatic nitrogens is 3. The van der Waals surface area contributed by atoms with Gasteiger partial charge in [0, 0.05) is 13.2 Å². The highest BCUT2D eigenvalue weighted by Gasteiger charge is 2.15. The summed E-state index contributed by atoms with van der Waals surface area (Å²) in [4.78, 5) is 4.20. The van der Waals surface area contributed by atoms with E-state index in [1.807, 2.05) is 10.6 Å². The van der Waals surface area contributed by atoms with Gasteiger partial charge in [-0.15, -0.1) is 0 Å². The van der Waals surface area contributed by atoms with Crippen LogP contribution in [-0.4, -0.2) is 33.9 Å². The lowest BCUT2D eigenvalue weighted by molar-refractivity contribution is 0.120. The van der Waals surface area contributed by atoms with Crippen molar-refractivity contribution in [1.29, 1.82) is 0 Å². The highest BCUT2D eigenvalue weighted by atomic mass is 16.5. The van der Waals surface area contributed by atoms with Crippen molar-refractivity contribution in [3.63, 3.8) is 0 Å². The van der Waals surface area contributed by atoms with Crippen LogP contribution in [0.2, 0.25) is 0 Å². The third kappa shape index (κ3) is 2.10. The Kier molecular flexibility index (Phi) is 2.68. The predicted molar refractivity (Wildman–Crippen MR) is 65.2 cm³/mol. The number of rotatable bonds is 3. The molecule has 0 bridgehead atoms. The number of ether oxygens (including phenoxy) is 1. The van der Waals surface area contributed by atoms with Crippen LogP contribution in [0.3, 0.4) is 0 Å². The van der Waals surface area contributed by atoms with Crippen LogP contribution in [0.4, 0.5) is 5.82 Å². The zero-order chi connectivity index (χ0) is 11.7. The first-order valence-electron chi connectivity index (χ1n) is 5.99. The maximum Gasteiger partial charge on any atom is 0.157 e. The molecule has 1 fully saturated rings. The third-order valence-corrected chi connectivity index (χ3v) is 3.06. The van der Waals surface area contributed by atoms with Gasteiger partial charge in [-0.1, -0.05) is 0 Å². The summed E-state index contributed by atoms with van der Waals surface area (Å²) in [7, 11) is 0. The number of hydrogen-bond donors (Lipinski definition) is 1. The fourth-order valence-corrected chi connectivity index (χ4v) is 2.21. The molecule has 1 unspecified atom stereocenters. The molecule has 1 aliphatic rings. The molecule has 3 rings (SSSR count). The molecule has 90 valence electrons. The molecule has 0 spiro atoms. The van der Waals surface area contributed by atoms with Gasteiger partial charge in [0.25, 0.3) is 0 Å². The Hall–Kier alpha value is -1.62. The number of pyridine rings is 1. The fraction of sp³-hybridized carbons (Fsp3) is 0.500. The van der Waals surface area contributed by atoms with Gasteiger partial charge >= 0.3 is 0 Å². The SMILES string of the molecule is Cc1cc(NCC2CCCO2)n2ncnc2c1. The van der Waals surface area contributed by atoms with Crippen LogP contribution in [0.1, 0.15) is 18.4 Å². The molecule has 0 aliphatic carbocycles. The Morgan fingerprint density at radius 1 is 1.53 bits per heavy atom. The molecule has 3 heterocycles. The van der Waals surface area contributed by atoms with Gasteiger partial charge in [-0.25, -0.2) is 4.98 Å². The van der Waals surface area contributed by atoms with E-state index in [0.717, 1.165) is 31.0 Å². The molecule has 0 saturated carbocycles. The maximum absolute atomic E-state index is 5.59. The first kappa shape index (κ1) is 10.5. The van der Waals surface area contributed by atoms with Crippen molar-refractivity contribution in [2.75, 3.05) is 18.5 Å². The fourth-order valence-electron chi connectivity index (χ4n) is 2.21. The van der Waals surface area contributed by atoms with Crippen molar-refractivity contribution < 1.29 is 4.74 Å². The summed E-state index contributed by atoms with van der Waals surface area (Å²) in [5.41, 5.74) is 2.06. The van der Waals surface area contributed by atoms with Crippen LogP contribution in [0.25, 0.3) is 5.65 Å². The van der Waals surface area contributed by atoms with Gasteiger partial charge < -0.3 is 10.1 Å². The first-order valence-corrected chi connectivity index (χ1v) is 5.99. The van der Waals surface area contributed by atoms with Crippen LogP contribution in [0.5, 0.6) is 0 Å². The molecule has 1 saturated heterocycles. The Morgan fingerprint density at radius 3 is 3.29 bits per heavy atom. The summed E-state index contributed by atoms with van der Waals surface area (Å²) in [5.74, 6) is 0.980. The van der Waals surface area contributed by atoms with E-state index in [2.05, 4.69) is 28.4 Å². The number of anilines is 1. The highest BCUT2D eigenvalue weighted by molar-refractivity contribution is 5.51. The van der Waals surface area contributed by atoms with Crippen LogP contribution < -0.4 is 5.32 Å². The lowest BCUT2D eigenvalue weighted by atomic mass is 10.2. The van der Waals surface area contributed by atoms with E-state index in [-0.39, 0.29) is 0 Å². The molecule has 5 nitrogen and oxygen atoms in total. The number of hydrogen-bond acceptors (Lipinski definition) is 4. The predicted octanol–water partition coefficient (Wildman–Crippen LogP) is 1.63. The minimum atomic E-state index is 0.328. The molecule has 2 aromatic rings. The minimum absolute atomic E-state index is 0.328. The van der Waals surface area contributed by atoms with Crippen LogP contribution in [-0.2, 0) is 4.74 Å². The van der Waals surface area contributed by atoms with Crippen LogP contribution >= 0.6 is 0 Å². The summed E-state index contributed by atoms with van der Waals surface area (Å²) in [6.07, 6.45) is 4.21. The standard InChI is InChI=1S/C12H16N4O/c1-9-5-11(13-7-10-3-2-4-17-10)16-12(6-9)14-8-15-16/h5-6,8,10,13H,2-4,7H2,1H3. The lowest BCUT2D eigenvalue weighted by Gasteiger charge is -2.13. The Labute approximate surface area is 99.8 Å². The van der Waals surface area contributed by atoms with Crippen molar-refractivity contribution in [3.05, 3.63) is 24.0 Å². The van der Waals surface area contributed by atoms with Gasteiger partial charge in [-0.05, 0) is 37.5 Å². The van der Waals surface area contributed by atoms with Crippen LogP contribution in [0, 0.1) is 6.92 Å². The van der Waals surface area contributed by atoms with Crippen LogP contribution in [0.15, 0.2) is 18.5 Å². The molecule has 1 aliphatic heterocycles. The van der Waals surface area contributed by atoms with Gasteiger partial charge in [-0.2, -0.15) is 9.61 Å². The van der Waals surface area contributed by atoms with Crippen molar-refractivity contribution in [2.45, 2.75) is 25.9 Å². The molecule has 0 amide bonds. The molecule has 1 atom stereocenters. The molecule has 0 aromatic carbocycles. The van der Waals surface area contributed by atoms with Gasteiger partial charge in [-0.3, -0.25) is 0 Å². The molecule has 17 heavy (non-hydrogen) atoms. The number of aryl methyl sites for hydroxylation is 1. The van der Waals surface area contributed by atoms with Gasteiger partial charge in [0.2, 0.25) is 0 Å². The first-order chi connectivity index (χ1) is 8.33. The minimum Gasteiger partial charge on any atom is -0.376 e. The van der Waals surface area contributed by atoms with Crippen molar-refractivity contribution >= 4 is 11.5 Å². The van der Waals surface area contributed by atoms with E-state index >= 15 is 0 Å². The molecular weight excluding hydrogens is 216 g/mol. The normalized spacial score (nSPS) is 19.9.